The van der Waals surface area contributed by atoms with Gasteiger partial charge in [-0.25, -0.2) is 14.7 Å². The fourth-order valence-corrected chi connectivity index (χ4v) is 3.57. The SMILES string of the molecule is CCC1(C)NC(=O)N(c2ccc(Oc3ccc4c(c3)C(C)(C(F)(F)F)OC4)nc2)C1=O. The zero-order valence-electron chi connectivity index (χ0n) is 17.0. The molecule has 1 aromatic heterocycles. The van der Waals surface area contributed by atoms with Crippen LogP contribution < -0.4 is 15.0 Å². The van der Waals surface area contributed by atoms with Crippen LogP contribution in [0.1, 0.15) is 38.3 Å². The highest BCUT2D eigenvalue weighted by Gasteiger charge is 2.57. The van der Waals surface area contributed by atoms with Gasteiger partial charge >= 0.3 is 12.2 Å². The van der Waals surface area contributed by atoms with E-state index in [1.807, 2.05) is 0 Å². The predicted octanol–water partition coefficient (Wildman–Crippen LogP) is 4.41. The molecule has 10 heteroatoms. The Labute approximate surface area is 176 Å². The number of urea groups is 1. The van der Waals surface area contributed by atoms with Crippen molar-refractivity contribution in [3.05, 3.63) is 47.7 Å². The van der Waals surface area contributed by atoms with Gasteiger partial charge in [0.05, 0.1) is 18.5 Å². The van der Waals surface area contributed by atoms with Gasteiger partial charge < -0.3 is 14.8 Å². The third kappa shape index (κ3) is 3.31. The molecule has 31 heavy (non-hydrogen) atoms. The van der Waals surface area contributed by atoms with Crippen LogP contribution in [-0.4, -0.2) is 28.6 Å². The molecule has 164 valence electrons. The molecule has 0 aliphatic carbocycles. The topological polar surface area (TPSA) is 80.8 Å². The number of alkyl halides is 3. The third-order valence-corrected chi connectivity index (χ3v) is 5.82. The third-order valence-electron chi connectivity index (χ3n) is 5.82. The molecule has 7 nitrogen and oxygen atoms in total. The lowest BCUT2D eigenvalue weighted by Gasteiger charge is -2.27. The largest absolute Gasteiger partial charge is 0.439 e. The minimum atomic E-state index is -4.58. The summed E-state index contributed by atoms with van der Waals surface area (Å²) in [5, 5.41) is 2.65. The van der Waals surface area contributed by atoms with Crippen molar-refractivity contribution in [2.45, 2.75) is 51.1 Å². The van der Waals surface area contributed by atoms with E-state index in [9.17, 15) is 22.8 Å². The smallest absolute Gasteiger partial charge is 0.421 e. The maximum Gasteiger partial charge on any atom is 0.421 e. The highest BCUT2D eigenvalue weighted by molar-refractivity contribution is 6.23. The van der Waals surface area contributed by atoms with E-state index < -0.39 is 23.3 Å². The molecular formula is C21H20F3N3O4. The van der Waals surface area contributed by atoms with Crippen molar-refractivity contribution in [2.24, 2.45) is 0 Å². The van der Waals surface area contributed by atoms with Crippen LogP contribution in [0, 0.1) is 0 Å². The number of anilines is 1. The first-order valence-corrected chi connectivity index (χ1v) is 9.63. The molecule has 2 aliphatic rings. The first-order valence-electron chi connectivity index (χ1n) is 9.63. The van der Waals surface area contributed by atoms with Crippen molar-refractivity contribution in [3.63, 3.8) is 0 Å². The summed E-state index contributed by atoms with van der Waals surface area (Å²) >= 11 is 0. The highest BCUT2D eigenvalue weighted by atomic mass is 19.4. The van der Waals surface area contributed by atoms with Crippen molar-refractivity contribution in [1.29, 1.82) is 0 Å². The molecule has 2 unspecified atom stereocenters. The van der Waals surface area contributed by atoms with E-state index in [-0.39, 0.29) is 35.4 Å². The fourth-order valence-electron chi connectivity index (χ4n) is 3.57. The van der Waals surface area contributed by atoms with Crippen LogP contribution in [0.4, 0.5) is 23.7 Å². The van der Waals surface area contributed by atoms with Crippen molar-refractivity contribution < 1.29 is 32.2 Å². The number of nitrogens with zero attached hydrogens (tertiary/aromatic N) is 2. The van der Waals surface area contributed by atoms with Crippen LogP contribution in [0.5, 0.6) is 11.6 Å². The van der Waals surface area contributed by atoms with Gasteiger partial charge in [0.2, 0.25) is 5.88 Å². The van der Waals surface area contributed by atoms with Crippen LogP contribution in [0.2, 0.25) is 0 Å². The molecule has 1 saturated heterocycles. The summed E-state index contributed by atoms with van der Waals surface area (Å²) in [5.41, 5.74) is -2.70. The Kier molecular flexibility index (Phi) is 4.73. The number of carbonyl (C=O) groups excluding carboxylic acids is 2. The number of imide groups is 1. The summed E-state index contributed by atoms with van der Waals surface area (Å²) in [6.45, 7) is 4.28. The zero-order chi connectivity index (χ0) is 22.6. The lowest BCUT2D eigenvalue weighted by molar-refractivity contribution is -0.272. The zero-order valence-corrected chi connectivity index (χ0v) is 17.0. The second kappa shape index (κ2) is 6.94. The maximum absolute atomic E-state index is 13.5. The first kappa shape index (κ1) is 21.1. The number of hydrogen-bond donors (Lipinski definition) is 1. The molecule has 2 aromatic rings. The molecule has 0 radical (unpaired) electrons. The van der Waals surface area contributed by atoms with Gasteiger partial charge in [0.1, 0.15) is 11.3 Å². The van der Waals surface area contributed by atoms with E-state index in [4.69, 9.17) is 9.47 Å². The van der Waals surface area contributed by atoms with Crippen molar-refractivity contribution in [1.82, 2.24) is 10.3 Å². The fraction of sp³-hybridized carbons (Fsp3) is 0.381. The van der Waals surface area contributed by atoms with Crippen molar-refractivity contribution in [3.8, 4) is 11.6 Å². The molecule has 1 N–H and O–H groups in total. The number of amides is 3. The summed E-state index contributed by atoms with van der Waals surface area (Å²) < 4.78 is 51.1. The number of hydrogen-bond acceptors (Lipinski definition) is 5. The van der Waals surface area contributed by atoms with E-state index in [0.717, 1.165) is 11.8 Å². The van der Waals surface area contributed by atoms with Crippen LogP contribution in [0.15, 0.2) is 36.5 Å². The van der Waals surface area contributed by atoms with E-state index >= 15 is 0 Å². The maximum atomic E-state index is 13.5. The van der Waals surface area contributed by atoms with E-state index in [1.54, 1.807) is 13.8 Å². The number of aromatic nitrogens is 1. The molecule has 2 atom stereocenters. The van der Waals surface area contributed by atoms with Crippen LogP contribution >= 0.6 is 0 Å². The second-order valence-corrected chi connectivity index (χ2v) is 7.85. The van der Waals surface area contributed by atoms with Gasteiger partial charge in [-0.2, -0.15) is 13.2 Å². The minimum absolute atomic E-state index is 0.00712. The van der Waals surface area contributed by atoms with E-state index in [2.05, 4.69) is 10.3 Å². The van der Waals surface area contributed by atoms with Gasteiger partial charge in [-0.05, 0) is 44.0 Å². The summed E-state index contributed by atoms with van der Waals surface area (Å²) in [6.07, 6.45) is -2.85. The summed E-state index contributed by atoms with van der Waals surface area (Å²) in [7, 11) is 0. The monoisotopic (exact) mass is 435 g/mol. The van der Waals surface area contributed by atoms with Gasteiger partial charge in [0, 0.05) is 11.6 Å². The molecule has 3 heterocycles. The number of carbonyl (C=O) groups is 2. The molecule has 0 bridgehead atoms. The predicted molar refractivity (Wildman–Crippen MR) is 104 cm³/mol. The van der Waals surface area contributed by atoms with Crippen LogP contribution in [-0.2, 0) is 21.7 Å². The Morgan fingerprint density at radius 2 is 1.97 bits per heavy atom. The molecule has 2 aliphatic heterocycles. The summed E-state index contributed by atoms with van der Waals surface area (Å²) in [5.74, 6) is -0.129. The Hall–Kier alpha value is -3.14. The van der Waals surface area contributed by atoms with E-state index in [1.165, 1.54) is 36.5 Å². The molecule has 1 fully saturated rings. The Balaban J connectivity index is 1.56. The number of nitrogens with one attached hydrogen (secondary N) is 1. The minimum Gasteiger partial charge on any atom is -0.439 e. The van der Waals surface area contributed by atoms with Gasteiger partial charge in [0.15, 0.2) is 5.60 Å². The molecule has 0 saturated carbocycles. The van der Waals surface area contributed by atoms with Gasteiger partial charge in [-0.1, -0.05) is 13.0 Å². The van der Waals surface area contributed by atoms with Crippen LogP contribution in [0.3, 0.4) is 0 Å². The molecular weight excluding hydrogens is 415 g/mol. The Morgan fingerprint density at radius 1 is 1.23 bits per heavy atom. The van der Waals surface area contributed by atoms with Crippen molar-refractivity contribution in [2.75, 3.05) is 4.90 Å². The lowest BCUT2D eigenvalue weighted by Crippen LogP contribution is -2.43. The average Bonchev–Trinajstić information content (AvgIpc) is 3.17. The number of pyridine rings is 1. The summed E-state index contributed by atoms with van der Waals surface area (Å²) in [4.78, 5) is 29.9. The number of ether oxygens (including phenoxy) is 2. The van der Waals surface area contributed by atoms with Gasteiger partial charge in [-0.15, -0.1) is 0 Å². The Morgan fingerprint density at radius 3 is 2.55 bits per heavy atom. The van der Waals surface area contributed by atoms with Gasteiger partial charge in [0.25, 0.3) is 5.91 Å². The highest BCUT2D eigenvalue weighted by Crippen LogP contribution is 2.48. The molecule has 4 rings (SSSR count). The number of benzene rings is 1. The number of rotatable bonds is 4. The van der Waals surface area contributed by atoms with Crippen LogP contribution in [0.25, 0.3) is 0 Å². The summed E-state index contributed by atoms with van der Waals surface area (Å²) in [6, 6.07) is 6.71. The standard InChI is InChI=1S/C21H20F3N3O4/c1-4-19(2)17(28)27(18(29)26-19)13-6-8-16(25-10-13)31-14-7-5-12-11-30-20(3,15(12)9-14)21(22,23)24/h5-10H,4,11H2,1-3H3,(H,26,29). The normalized spacial score (nSPS) is 25.5. The molecule has 1 aromatic carbocycles. The lowest BCUT2D eigenvalue weighted by atomic mass is 9.93. The number of fused-ring (bicyclic) bond motifs is 1. The second-order valence-electron chi connectivity index (χ2n) is 7.85. The first-order chi connectivity index (χ1) is 14.5. The molecule has 0 spiro atoms. The molecule has 3 amide bonds. The van der Waals surface area contributed by atoms with E-state index in [0.29, 0.717) is 12.0 Å². The Bertz CT molecular complexity index is 1060. The quantitative estimate of drug-likeness (QED) is 0.720. The van der Waals surface area contributed by atoms with Gasteiger partial charge in [-0.3, -0.25) is 4.79 Å². The average molecular weight is 435 g/mol. The van der Waals surface area contributed by atoms with Crippen molar-refractivity contribution >= 4 is 17.6 Å². The number of halogens is 3.